The van der Waals surface area contributed by atoms with E-state index in [1.165, 1.54) is 0 Å². The molecule has 3 rings (SSSR count). The smallest absolute Gasteiger partial charge is 0.273 e. The summed E-state index contributed by atoms with van der Waals surface area (Å²) in [5, 5.41) is 7.35. The lowest BCUT2D eigenvalue weighted by Crippen LogP contribution is -2.26. The molecule has 1 atom stereocenters. The number of hydrogen-bond acceptors (Lipinski definition) is 5. The Labute approximate surface area is 168 Å². The monoisotopic (exact) mass is 400 g/mol. The number of carbonyl (C=O) groups is 1. The van der Waals surface area contributed by atoms with Crippen molar-refractivity contribution in [2.75, 3.05) is 7.11 Å². The molecule has 1 heterocycles. The number of hydrogen-bond donors (Lipinski definition) is 1. The molecule has 0 unspecified atom stereocenters. The second kappa shape index (κ2) is 8.80. The van der Waals surface area contributed by atoms with E-state index in [0.717, 1.165) is 11.1 Å². The van der Waals surface area contributed by atoms with Crippen molar-refractivity contribution >= 4 is 17.5 Å². The number of benzene rings is 2. The van der Waals surface area contributed by atoms with Crippen LogP contribution in [-0.4, -0.2) is 18.2 Å². The van der Waals surface area contributed by atoms with Gasteiger partial charge in [-0.05, 0) is 49.2 Å². The second-order valence-corrected chi connectivity index (χ2v) is 6.80. The molecule has 28 heavy (non-hydrogen) atoms. The quantitative estimate of drug-likeness (QED) is 0.621. The van der Waals surface area contributed by atoms with Gasteiger partial charge in [0.1, 0.15) is 6.61 Å². The van der Waals surface area contributed by atoms with Crippen LogP contribution in [0.3, 0.4) is 0 Å². The third-order valence-electron chi connectivity index (χ3n) is 4.20. The van der Waals surface area contributed by atoms with Crippen LogP contribution in [0.25, 0.3) is 0 Å². The molecular formula is C21H21ClN2O4. The largest absolute Gasteiger partial charge is 0.493 e. The summed E-state index contributed by atoms with van der Waals surface area (Å²) in [4.78, 5) is 12.4. The van der Waals surface area contributed by atoms with Gasteiger partial charge in [0, 0.05) is 11.1 Å². The van der Waals surface area contributed by atoms with Gasteiger partial charge in [-0.2, -0.15) is 0 Å². The van der Waals surface area contributed by atoms with E-state index in [0.29, 0.717) is 22.3 Å². The fourth-order valence-corrected chi connectivity index (χ4v) is 2.76. The molecular weight excluding hydrogens is 380 g/mol. The highest BCUT2D eigenvalue weighted by Gasteiger charge is 2.16. The van der Waals surface area contributed by atoms with Crippen molar-refractivity contribution in [3.63, 3.8) is 0 Å². The zero-order valence-electron chi connectivity index (χ0n) is 15.9. The first-order valence-electron chi connectivity index (χ1n) is 8.75. The maximum Gasteiger partial charge on any atom is 0.273 e. The molecule has 2 aromatic carbocycles. The predicted octanol–water partition coefficient (Wildman–Crippen LogP) is 4.72. The molecule has 0 aliphatic rings. The van der Waals surface area contributed by atoms with Crippen molar-refractivity contribution in [1.29, 1.82) is 0 Å². The molecule has 0 fully saturated rings. The topological polar surface area (TPSA) is 73.6 Å². The highest BCUT2D eigenvalue weighted by molar-refractivity contribution is 6.30. The summed E-state index contributed by atoms with van der Waals surface area (Å²) in [6.07, 6.45) is 0. The van der Waals surface area contributed by atoms with E-state index in [1.807, 2.05) is 44.2 Å². The molecule has 6 nitrogen and oxygen atoms in total. The minimum absolute atomic E-state index is 0.131. The maximum atomic E-state index is 12.4. The number of nitrogens with zero attached hydrogens (tertiary/aromatic N) is 1. The van der Waals surface area contributed by atoms with E-state index in [1.54, 1.807) is 25.3 Å². The molecule has 0 aliphatic carbocycles. The van der Waals surface area contributed by atoms with Crippen molar-refractivity contribution in [3.05, 3.63) is 76.1 Å². The van der Waals surface area contributed by atoms with Crippen LogP contribution >= 0.6 is 11.6 Å². The second-order valence-electron chi connectivity index (χ2n) is 6.37. The van der Waals surface area contributed by atoms with Gasteiger partial charge in [-0.25, -0.2) is 0 Å². The normalized spacial score (nSPS) is 11.7. The van der Waals surface area contributed by atoms with E-state index in [-0.39, 0.29) is 24.2 Å². The zero-order valence-corrected chi connectivity index (χ0v) is 16.6. The third kappa shape index (κ3) is 4.84. The average molecular weight is 401 g/mol. The summed E-state index contributed by atoms with van der Waals surface area (Å²) in [6.45, 7) is 3.99. The Morgan fingerprint density at radius 3 is 2.64 bits per heavy atom. The summed E-state index contributed by atoms with van der Waals surface area (Å²) in [6, 6.07) is 14.3. The standard InChI is InChI=1S/C21H21ClN2O4/c1-13-4-9-19(20(10-13)26-3)27-12-17-11-18(24-28-17)21(25)23-14(2)15-5-7-16(22)8-6-15/h4-11,14H,12H2,1-3H3,(H,23,25)/t14-/m0/s1. The number of aromatic nitrogens is 1. The highest BCUT2D eigenvalue weighted by atomic mass is 35.5. The molecule has 1 aromatic heterocycles. The van der Waals surface area contributed by atoms with Gasteiger partial charge in [0.05, 0.1) is 13.2 Å². The van der Waals surface area contributed by atoms with E-state index in [4.69, 9.17) is 25.6 Å². The molecule has 146 valence electrons. The number of rotatable bonds is 7. The minimum atomic E-state index is -0.328. The predicted molar refractivity (Wildman–Crippen MR) is 106 cm³/mol. The lowest BCUT2D eigenvalue weighted by molar-refractivity contribution is 0.0930. The van der Waals surface area contributed by atoms with Gasteiger partial charge in [-0.1, -0.05) is 35.0 Å². The molecule has 1 amide bonds. The van der Waals surface area contributed by atoms with Crippen LogP contribution in [0.1, 0.15) is 40.3 Å². The summed E-state index contributed by atoms with van der Waals surface area (Å²) in [5.74, 6) is 1.33. The first kappa shape index (κ1) is 19.8. The fourth-order valence-electron chi connectivity index (χ4n) is 2.64. The first-order chi connectivity index (χ1) is 13.5. The summed E-state index contributed by atoms with van der Waals surface area (Å²) in [7, 11) is 1.58. The van der Waals surface area contributed by atoms with Crippen LogP contribution in [0.2, 0.25) is 5.02 Å². The van der Waals surface area contributed by atoms with Gasteiger partial charge in [-0.15, -0.1) is 0 Å². The molecule has 0 bridgehead atoms. The number of aryl methyl sites for hydroxylation is 1. The summed E-state index contributed by atoms with van der Waals surface area (Å²) < 4.78 is 16.2. The van der Waals surface area contributed by atoms with Crippen molar-refractivity contribution in [2.45, 2.75) is 26.5 Å². The van der Waals surface area contributed by atoms with Crippen molar-refractivity contribution in [3.8, 4) is 11.5 Å². The van der Waals surface area contributed by atoms with E-state index in [9.17, 15) is 4.79 Å². The third-order valence-corrected chi connectivity index (χ3v) is 4.45. The Morgan fingerprint density at radius 2 is 1.93 bits per heavy atom. The Hall–Kier alpha value is -2.99. The minimum Gasteiger partial charge on any atom is -0.493 e. The van der Waals surface area contributed by atoms with Crippen LogP contribution < -0.4 is 14.8 Å². The number of carbonyl (C=O) groups excluding carboxylic acids is 1. The zero-order chi connectivity index (χ0) is 20.1. The lowest BCUT2D eigenvalue weighted by atomic mass is 10.1. The van der Waals surface area contributed by atoms with Gasteiger partial charge in [-0.3, -0.25) is 4.79 Å². The Balaban J connectivity index is 1.60. The van der Waals surface area contributed by atoms with Gasteiger partial charge < -0.3 is 19.3 Å². The molecule has 7 heteroatoms. The molecule has 0 saturated heterocycles. The molecule has 0 saturated carbocycles. The van der Waals surface area contributed by atoms with E-state index >= 15 is 0 Å². The molecule has 0 aliphatic heterocycles. The van der Waals surface area contributed by atoms with Gasteiger partial charge in [0.2, 0.25) is 0 Å². The summed E-state index contributed by atoms with van der Waals surface area (Å²) in [5.41, 5.74) is 2.20. The van der Waals surface area contributed by atoms with Crippen molar-refractivity contribution in [2.24, 2.45) is 0 Å². The van der Waals surface area contributed by atoms with Crippen molar-refractivity contribution < 1.29 is 18.8 Å². The number of halogens is 1. The molecule has 0 radical (unpaired) electrons. The molecule has 3 aromatic rings. The lowest BCUT2D eigenvalue weighted by Gasteiger charge is -2.13. The van der Waals surface area contributed by atoms with Crippen LogP contribution in [-0.2, 0) is 6.61 Å². The highest BCUT2D eigenvalue weighted by Crippen LogP contribution is 2.28. The van der Waals surface area contributed by atoms with Gasteiger partial charge in [0.15, 0.2) is 23.0 Å². The number of nitrogens with one attached hydrogen (secondary N) is 1. The molecule has 1 N–H and O–H groups in total. The number of ether oxygens (including phenoxy) is 2. The number of methoxy groups -OCH3 is 1. The van der Waals surface area contributed by atoms with E-state index < -0.39 is 0 Å². The maximum absolute atomic E-state index is 12.4. The Morgan fingerprint density at radius 1 is 1.18 bits per heavy atom. The van der Waals surface area contributed by atoms with Crippen LogP contribution in [0, 0.1) is 6.92 Å². The Kier molecular flexibility index (Phi) is 6.21. The van der Waals surface area contributed by atoms with Crippen molar-refractivity contribution in [1.82, 2.24) is 10.5 Å². The SMILES string of the molecule is COc1cc(C)ccc1OCc1cc(C(=O)N[C@@H](C)c2ccc(Cl)cc2)no1. The van der Waals surface area contributed by atoms with Crippen LogP contribution in [0.4, 0.5) is 0 Å². The first-order valence-corrected chi connectivity index (χ1v) is 9.13. The van der Waals surface area contributed by atoms with Gasteiger partial charge in [0.25, 0.3) is 5.91 Å². The average Bonchev–Trinajstić information content (AvgIpc) is 3.16. The van der Waals surface area contributed by atoms with E-state index in [2.05, 4.69) is 10.5 Å². The summed E-state index contributed by atoms with van der Waals surface area (Å²) >= 11 is 5.89. The Bertz CT molecular complexity index is 953. The van der Waals surface area contributed by atoms with Gasteiger partial charge >= 0.3 is 0 Å². The van der Waals surface area contributed by atoms with Crippen LogP contribution in [0.5, 0.6) is 11.5 Å². The molecule has 0 spiro atoms. The fraction of sp³-hybridized carbons (Fsp3) is 0.238. The van der Waals surface area contributed by atoms with Crippen LogP contribution in [0.15, 0.2) is 53.1 Å². The number of amides is 1.